The lowest BCUT2D eigenvalue weighted by Crippen LogP contribution is -2.21. The summed E-state index contributed by atoms with van der Waals surface area (Å²) in [6.45, 7) is 5.13. The van der Waals surface area contributed by atoms with Crippen LogP contribution in [-0.4, -0.2) is 6.54 Å². The summed E-state index contributed by atoms with van der Waals surface area (Å²) in [5.74, 6) is 0. The lowest BCUT2D eigenvalue weighted by molar-refractivity contribution is 0.632. The Morgan fingerprint density at radius 2 is 2.12 bits per heavy atom. The van der Waals surface area contributed by atoms with E-state index in [1.807, 2.05) is 12.1 Å². The van der Waals surface area contributed by atoms with Gasteiger partial charge in [0.05, 0.1) is 6.04 Å². The predicted molar refractivity (Wildman–Crippen MR) is 76.0 cm³/mol. The standard InChI is InChI=1S/C14H16ClNS/c1-3-16-14(11-4-5-17-9-11)12-6-10(2)7-13(15)8-12/h4-9,14,16H,3H2,1-2H3. The maximum absolute atomic E-state index is 6.13. The van der Waals surface area contributed by atoms with Gasteiger partial charge in [0.2, 0.25) is 0 Å². The number of hydrogen-bond donors (Lipinski definition) is 1. The van der Waals surface area contributed by atoms with Crippen molar-refractivity contribution < 1.29 is 0 Å². The number of aryl methyl sites for hydroxylation is 1. The quantitative estimate of drug-likeness (QED) is 0.864. The Morgan fingerprint density at radius 3 is 2.71 bits per heavy atom. The van der Waals surface area contributed by atoms with E-state index in [9.17, 15) is 0 Å². The Balaban J connectivity index is 2.38. The molecule has 1 unspecified atom stereocenters. The third-order valence-electron chi connectivity index (χ3n) is 2.68. The molecular formula is C14H16ClNS. The van der Waals surface area contributed by atoms with E-state index in [-0.39, 0.29) is 6.04 Å². The molecule has 0 fully saturated rings. The lowest BCUT2D eigenvalue weighted by atomic mass is 9.99. The molecule has 0 radical (unpaired) electrons. The van der Waals surface area contributed by atoms with Crippen molar-refractivity contribution in [3.63, 3.8) is 0 Å². The highest BCUT2D eigenvalue weighted by Crippen LogP contribution is 2.27. The van der Waals surface area contributed by atoms with Crippen molar-refractivity contribution in [3.05, 3.63) is 56.7 Å². The van der Waals surface area contributed by atoms with E-state index in [2.05, 4.69) is 42.1 Å². The summed E-state index contributed by atoms with van der Waals surface area (Å²) in [6.07, 6.45) is 0. The first kappa shape index (κ1) is 12.6. The van der Waals surface area contributed by atoms with Crippen molar-refractivity contribution in [1.82, 2.24) is 5.32 Å². The van der Waals surface area contributed by atoms with Crippen LogP contribution in [0.2, 0.25) is 5.02 Å². The molecule has 1 heterocycles. The van der Waals surface area contributed by atoms with E-state index >= 15 is 0 Å². The van der Waals surface area contributed by atoms with Crippen LogP contribution in [0, 0.1) is 6.92 Å². The van der Waals surface area contributed by atoms with Gasteiger partial charge < -0.3 is 5.32 Å². The van der Waals surface area contributed by atoms with Crippen molar-refractivity contribution in [2.24, 2.45) is 0 Å². The van der Waals surface area contributed by atoms with Crippen LogP contribution in [0.1, 0.15) is 29.7 Å². The number of halogens is 1. The van der Waals surface area contributed by atoms with Crippen molar-refractivity contribution in [3.8, 4) is 0 Å². The molecular weight excluding hydrogens is 250 g/mol. The smallest absolute Gasteiger partial charge is 0.0585 e. The molecule has 1 nitrogen and oxygen atoms in total. The Labute approximate surface area is 111 Å². The summed E-state index contributed by atoms with van der Waals surface area (Å²) in [5, 5.41) is 8.60. The highest BCUT2D eigenvalue weighted by molar-refractivity contribution is 7.08. The number of thiophene rings is 1. The Kier molecular flexibility index (Phi) is 4.21. The molecule has 0 amide bonds. The third kappa shape index (κ3) is 3.09. The third-order valence-corrected chi connectivity index (χ3v) is 3.60. The normalized spacial score (nSPS) is 12.6. The van der Waals surface area contributed by atoms with Crippen LogP contribution in [0.3, 0.4) is 0 Å². The van der Waals surface area contributed by atoms with E-state index in [1.54, 1.807) is 11.3 Å². The van der Waals surface area contributed by atoms with Crippen molar-refractivity contribution in [2.75, 3.05) is 6.54 Å². The first-order valence-electron chi connectivity index (χ1n) is 5.73. The van der Waals surface area contributed by atoms with Crippen LogP contribution in [0.15, 0.2) is 35.0 Å². The van der Waals surface area contributed by atoms with Crippen molar-refractivity contribution in [1.29, 1.82) is 0 Å². The van der Waals surface area contributed by atoms with Crippen LogP contribution in [0.25, 0.3) is 0 Å². The molecule has 1 N–H and O–H groups in total. The average Bonchev–Trinajstić information content (AvgIpc) is 2.77. The second kappa shape index (κ2) is 5.67. The zero-order valence-electron chi connectivity index (χ0n) is 10.0. The van der Waals surface area contributed by atoms with Gasteiger partial charge in [0.15, 0.2) is 0 Å². The molecule has 1 aromatic carbocycles. The Bertz CT molecular complexity index is 459. The maximum atomic E-state index is 6.13. The molecule has 1 aromatic heterocycles. The minimum Gasteiger partial charge on any atom is -0.307 e. The van der Waals surface area contributed by atoms with Crippen LogP contribution in [0.4, 0.5) is 0 Å². The molecule has 0 aliphatic heterocycles. The van der Waals surface area contributed by atoms with Crippen molar-refractivity contribution in [2.45, 2.75) is 19.9 Å². The van der Waals surface area contributed by atoms with Gasteiger partial charge >= 0.3 is 0 Å². The predicted octanol–water partition coefficient (Wildman–Crippen LogP) is 4.41. The zero-order chi connectivity index (χ0) is 12.3. The molecule has 0 spiro atoms. The lowest BCUT2D eigenvalue weighted by Gasteiger charge is -2.18. The van der Waals surface area contributed by atoms with Gasteiger partial charge in [0.25, 0.3) is 0 Å². The van der Waals surface area contributed by atoms with E-state index in [0.29, 0.717) is 0 Å². The molecule has 0 aliphatic carbocycles. The SMILES string of the molecule is CCNC(c1ccsc1)c1cc(C)cc(Cl)c1. The van der Waals surface area contributed by atoms with Gasteiger partial charge in [-0.25, -0.2) is 0 Å². The van der Waals surface area contributed by atoms with E-state index < -0.39 is 0 Å². The van der Waals surface area contributed by atoms with Crippen molar-refractivity contribution >= 4 is 22.9 Å². The summed E-state index contributed by atoms with van der Waals surface area (Å²) >= 11 is 7.85. The number of rotatable bonds is 4. The summed E-state index contributed by atoms with van der Waals surface area (Å²) in [6, 6.07) is 8.62. The van der Waals surface area contributed by atoms with Crippen LogP contribution in [-0.2, 0) is 0 Å². The molecule has 90 valence electrons. The minimum atomic E-state index is 0.239. The fourth-order valence-electron chi connectivity index (χ4n) is 2.00. The molecule has 0 aliphatic rings. The van der Waals surface area contributed by atoms with E-state index in [1.165, 1.54) is 16.7 Å². The second-order valence-electron chi connectivity index (χ2n) is 4.11. The molecule has 2 aromatic rings. The highest BCUT2D eigenvalue weighted by atomic mass is 35.5. The first-order valence-corrected chi connectivity index (χ1v) is 7.05. The van der Waals surface area contributed by atoms with Gasteiger partial charge in [-0.15, -0.1) is 0 Å². The molecule has 0 bridgehead atoms. The van der Waals surface area contributed by atoms with Crippen LogP contribution < -0.4 is 5.32 Å². The summed E-state index contributed by atoms with van der Waals surface area (Å²) in [5.41, 5.74) is 3.74. The van der Waals surface area contributed by atoms with Gasteiger partial charge in [0.1, 0.15) is 0 Å². The summed E-state index contributed by atoms with van der Waals surface area (Å²) in [4.78, 5) is 0. The zero-order valence-corrected chi connectivity index (χ0v) is 11.6. The highest BCUT2D eigenvalue weighted by Gasteiger charge is 2.14. The van der Waals surface area contributed by atoms with Gasteiger partial charge in [-0.3, -0.25) is 0 Å². The minimum absolute atomic E-state index is 0.239. The number of nitrogens with one attached hydrogen (secondary N) is 1. The topological polar surface area (TPSA) is 12.0 Å². The molecule has 0 saturated carbocycles. The fourth-order valence-corrected chi connectivity index (χ4v) is 2.99. The van der Waals surface area contributed by atoms with Crippen LogP contribution in [0.5, 0.6) is 0 Å². The molecule has 0 saturated heterocycles. The molecule has 17 heavy (non-hydrogen) atoms. The average molecular weight is 266 g/mol. The Morgan fingerprint density at radius 1 is 1.29 bits per heavy atom. The fraction of sp³-hybridized carbons (Fsp3) is 0.286. The monoisotopic (exact) mass is 265 g/mol. The number of benzene rings is 1. The van der Waals surface area contributed by atoms with Gasteiger partial charge in [0, 0.05) is 5.02 Å². The maximum Gasteiger partial charge on any atom is 0.0585 e. The summed E-state index contributed by atoms with van der Waals surface area (Å²) < 4.78 is 0. The molecule has 1 atom stereocenters. The van der Waals surface area contributed by atoms with Gasteiger partial charge in [-0.2, -0.15) is 11.3 Å². The van der Waals surface area contributed by atoms with Gasteiger partial charge in [-0.1, -0.05) is 24.6 Å². The van der Waals surface area contributed by atoms with Crippen LogP contribution >= 0.6 is 22.9 Å². The van der Waals surface area contributed by atoms with E-state index in [0.717, 1.165) is 11.6 Å². The Hall–Kier alpha value is -0.830. The second-order valence-corrected chi connectivity index (χ2v) is 5.33. The molecule has 3 heteroatoms. The van der Waals surface area contributed by atoms with Gasteiger partial charge in [-0.05, 0) is 59.1 Å². The molecule has 2 rings (SSSR count). The first-order chi connectivity index (χ1) is 8.20. The largest absolute Gasteiger partial charge is 0.307 e. The van der Waals surface area contributed by atoms with E-state index in [4.69, 9.17) is 11.6 Å². The summed E-state index contributed by atoms with van der Waals surface area (Å²) in [7, 11) is 0. The number of hydrogen-bond acceptors (Lipinski definition) is 2.